The van der Waals surface area contributed by atoms with Crippen molar-refractivity contribution < 1.29 is 33.6 Å². The van der Waals surface area contributed by atoms with Gasteiger partial charge in [0, 0.05) is 17.9 Å². The lowest BCUT2D eigenvalue weighted by molar-refractivity contribution is -0.140. The summed E-state index contributed by atoms with van der Waals surface area (Å²) in [6, 6.07) is 24.2. The summed E-state index contributed by atoms with van der Waals surface area (Å²) in [4.78, 5) is 26.0. The van der Waals surface area contributed by atoms with E-state index in [0.717, 1.165) is 11.3 Å². The topological polar surface area (TPSA) is 115 Å². The molecule has 1 aromatic heterocycles. The van der Waals surface area contributed by atoms with Gasteiger partial charge in [-0.3, -0.25) is 9.59 Å². The SMILES string of the molecule is COC(=O)C[C@H](c1ccc(OCCc2ccc(OC)cc2)cc1)c1c(O)ccc2c(=O)c(-c3ccc(O)cc3)coc12. The van der Waals surface area contributed by atoms with Crippen molar-refractivity contribution >= 4 is 16.9 Å². The Hall–Kier alpha value is -5.24. The lowest BCUT2D eigenvalue weighted by atomic mass is 9.86. The summed E-state index contributed by atoms with van der Waals surface area (Å²) in [7, 11) is 2.93. The van der Waals surface area contributed by atoms with Crippen LogP contribution in [0.5, 0.6) is 23.0 Å². The fraction of sp³-hybridized carbons (Fsp3) is 0.176. The maximum Gasteiger partial charge on any atom is 0.306 e. The summed E-state index contributed by atoms with van der Waals surface area (Å²) in [6.07, 6.45) is 1.95. The zero-order valence-corrected chi connectivity index (χ0v) is 23.2. The van der Waals surface area contributed by atoms with Crippen molar-refractivity contribution in [3.8, 4) is 34.1 Å². The van der Waals surface area contributed by atoms with Crippen LogP contribution in [0.1, 0.15) is 29.0 Å². The number of carbonyl (C=O) groups excluding carboxylic acids is 1. The van der Waals surface area contributed by atoms with Gasteiger partial charge in [0.25, 0.3) is 0 Å². The molecule has 8 heteroatoms. The molecule has 1 atom stereocenters. The van der Waals surface area contributed by atoms with Crippen molar-refractivity contribution in [2.45, 2.75) is 18.8 Å². The summed E-state index contributed by atoms with van der Waals surface area (Å²) < 4.78 is 22.0. The predicted octanol–water partition coefficient (Wildman–Crippen LogP) is 6.20. The molecule has 2 N–H and O–H groups in total. The number of ether oxygens (including phenoxy) is 3. The Morgan fingerprint density at radius 1 is 0.857 bits per heavy atom. The van der Waals surface area contributed by atoms with E-state index in [2.05, 4.69) is 0 Å². The number of fused-ring (bicyclic) bond motifs is 1. The molecule has 0 amide bonds. The third-order valence-corrected chi connectivity index (χ3v) is 7.18. The number of esters is 1. The van der Waals surface area contributed by atoms with Crippen molar-refractivity contribution in [2.24, 2.45) is 0 Å². The minimum absolute atomic E-state index is 0.0791. The first-order valence-corrected chi connectivity index (χ1v) is 13.4. The summed E-state index contributed by atoms with van der Waals surface area (Å²) in [6.45, 7) is 0.468. The molecule has 5 rings (SSSR count). The van der Waals surface area contributed by atoms with Crippen molar-refractivity contribution in [1.82, 2.24) is 0 Å². The zero-order chi connectivity index (χ0) is 29.6. The van der Waals surface area contributed by atoms with Gasteiger partial charge in [-0.25, -0.2) is 0 Å². The van der Waals surface area contributed by atoms with Crippen LogP contribution in [0.15, 0.2) is 100 Å². The number of benzene rings is 4. The van der Waals surface area contributed by atoms with Gasteiger partial charge in [0.2, 0.25) is 5.43 Å². The normalized spacial score (nSPS) is 11.7. The fourth-order valence-electron chi connectivity index (χ4n) is 4.90. The van der Waals surface area contributed by atoms with Gasteiger partial charge < -0.3 is 28.8 Å². The molecular formula is C34H30O8. The van der Waals surface area contributed by atoms with Gasteiger partial charge in [0.05, 0.1) is 38.2 Å². The van der Waals surface area contributed by atoms with E-state index in [0.29, 0.717) is 41.0 Å². The number of methoxy groups -OCH3 is 2. The molecule has 0 aliphatic rings. The maximum absolute atomic E-state index is 13.5. The second-order valence-electron chi connectivity index (χ2n) is 9.75. The van der Waals surface area contributed by atoms with Crippen LogP contribution in [0.25, 0.3) is 22.1 Å². The molecule has 0 aliphatic carbocycles. The molecule has 0 saturated heterocycles. The highest BCUT2D eigenvalue weighted by atomic mass is 16.5. The van der Waals surface area contributed by atoms with Crippen LogP contribution in [0.4, 0.5) is 0 Å². The highest BCUT2D eigenvalue weighted by Gasteiger charge is 2.26. The van der Waals surface area contributed by atoms with Crippen LogP contribution in [-0.2, 0) is 16.0 Å². The molecular weight excluding hydrogens is 536 g/mol. The van der Waals surface area contributed by atoms with E-state index in [1.54, 1.807) is 31.4 Å². The molecule has 0 radical (unpaired) electrons. The minimum Gasteiger partial charge on any atom is -0.508 e. The first kappa shape index (κ1) is 28.3. The average Bonchev–Trinajstić information content (AvgIpc) is 3.01. The lowest BCUT2D eigenvalue weighted by Crippen LogP contribution is -2.12. The van der Waals surface area contributed by atoms with Crippen LogP contribution in [0.3, 0.4) is 0 Å². The smallest absolute Gasteiger partial charge is 0.306 e. The molecule has 1 heterocycles. The third kappa shape index (κ3) is 6.07. The molecule has 0 fully saturated rings. The Kier molecular flexibility index (Phi) is 8.43. The van der Waals surface area contributed by atoms with E-state index in [1.807, 2.05) is 36.4 Å². The van der Waals surface area contributed by atoms with E-state index >= 15 is 0 Å². The van der Waals surface area contributed by atoms with Gasteiger partial charge in [0.15, 0.2) is 0 Å². The number of hydrogen-bond acceptors (Lipinski definition) is 8. The molecule has 0 aliphatic heterocycles. The number of phenols is 2. The summed E-state index contributed by atoms with van der Waals surface area (Å²) in [5, 5.41) is 20.8. The molecule has 0 unspecified atom stereocenters. The largest absolute Gasteiger partial charge is 0.508 e. The number of aromatic hydroxyl groups is 2. The standard InChI is InChI=1S/C34H30O8/c1-39-25-11-3-21(4-12-25)17-18-41-26-13-7-22(8-14-26)28(19-31(37)40-2)32-30(36)16-15-27-33(38)29(20-42-34(27)32)23-5-9-24(35)10-6-23/h3-16,20,28,35-36H,17-19H2,1-2H3/t28-/m1/s1. The quantitative estimate of drug-likeness (QED) is 0.192. The third-order valence-electron chi connectivity index (χ3n) is 7.18. The fourth-order valence-corrected chi connectivity index (χ4v) is 4.90. The Morgan fingerprint density at radius 2 is 1.55 bits per heavy atom. The van der Waals surface area contributed by atoms with E-state index in [1.165, 1.54) is 37.6 Å². The summed E-state index contributed by atoms with van der Waals surface area (Å²) in [5.41, 5.74) is 2.88. The summed E-state index contributed by atoms with van der Waals surface area (Å²) in [5.74, 6) is 0.256. The van der Waals surface area contributed by atoms with E-state index in [4.69, 9.17) is 18.6 Å². The van der Waals surface area contributed by atoms with Crippen molar-refractivity contribution in [3.63, 3.8) is 0 Å². The highest BCUT2D eigenvalue weighted by molar-refractivity contribution is 5.87. The number of carbonyl (C=O) groups is 1. The highest BCUT2D eigenvalue weighted by Crippen LogP contribution is 2.40. The van der Waals surface area contributed by atoms with Crippen molar-refractivity contribution in [3.05, 3.63) is 118 Å². The second kappa shape index (κ2) is 12.5. The van der Waals surface area contributed by atoms with Crippen molar-refractivity contribution in [2.75, 3.05) is 20.8 Å². The van der Waals surface area contributed by atoms with Crippen LogP contribution in [-0.4, -0.2) is 37.0 Å². The van der Waals surface area contributed by atoms with Gasteiger partial charge in [-0.15, -0.1) is 0 Å². The molecule has 5 aromatic rings. The monoisotopic (exact) mass is 566 g/mol. The van der Waals surface area contributed by atoms with Gasteiger partial charge in [-0.1, -0.05) is 36.4 Å². The van der Waals surface area contributed by atoms with Crippen LogP contribution >= 0.6 is 0 Å². The Bertz CT molecular complexity index is 1740. The van der Waals surface area contributed by atoms with E-state index in [-0.39, 0.29) is 34.3 Å². The maximum atomic E-state index is 13.5. The van der Waals surface area contributed by atoms with E-state index in [9.17, 15) is 19.8 Å². The molecule has 0 saturated carbocycles. The second-order valence-corrected chi connectivity index (χ2v) is 9.75. The lowest BCUT2D eigenvalue weighted by Gasteiger charge is -2.20. The van der Waals surface area contributed by atoms with Gasteiger partial charge in [-0.05, 0) is 65.2 Å². The molecule has 214 valence electrons. The van der Waals surface area contributed by atoms with Gasteiger partial charge in [-0.2, -0.15) is 0 Å². The minimum atomic E-state index is -0.669. The number of rotatable bonds is 10. The van der Waals surface area contributed by atoms with E-state index < -0.39 is 11.9 Å². The Labute approximate surface area is 242 Å². The van der Waals surface area contributed by atoms with Crippen molar-refractivity contribution in [1.29, 1.82) is 0 Å². The van der Waals surface area contributed by atoms with Crippen LogP contribution in [0.2, 0.25) is 0 Å². The predicted molar refractivity (Wildman–Crippen MR) is 158 cm³/mol. The summed E-state index contributed by atoms with van der Waals surface area (Å²) >= 11 is 0. The average molecular weight is 567 g/mol. The zero-order valence-electron chi connectivity index (χ0n) is 23.2. The molecule has 42 heavy (non-hydrogen) atoms. The van der Waals surface area contributed by atoms with Gasteiger partial charge in [0.1, 0.15) is 34.8 Å². The van der Waals surface area contributed by atoms with Crippen LogP contribution < -0.4 is 14.9 Å². The Morgan fingerprint density at radius 3 is 2.21 bits per heavy atom. The molecule has 0 bridgehead atoms. The van der Waals surface area contributed by atoms with Gasteiger partial charge >= 0.3 is 5.97 Å². The number of hydrogen-bond donors (Lipinski definition) is 2. The Balaban J connectivity index is 1.44. The first-order valence-electron chi connectivity index (χ1n) is 13.4. The molecule has 4 aromatic carbocycles. The van der Waals surface area contributed by atoms with Crippen LogP contribution in [0, 0.1) is 0 Å². The molecule has 8 nitrogen and oxygen atoms in total. The first-order chi connectivity index (χ1) is 20.4. The molecule has 0 spiro atoms. The number of phenolic OH excluding ortho intramolecular Hbond substituents is 2.